The van der Waals surface area contributed by atoms with E-state index in [1.165, 1.54) is 9.40 Å². The van der Waals surface area contributed by atoms with Crippen LogP contribution in [0.25, 0.3) is 41.6 Å². The average Bonchev–Trinajstić information content (AvgIpc) is 3.86. The lowest BCUT2D eigenvalue weighted by Crippen LogP contribution is -1.75. The highest BCUT2D eigenvalue weighted by Crippen LogP contribution is 2.33. The molecule has 2 aromatic heterocycles. The molecule has 0 atom stereocenters. The summed E-state index contributed by atoms with van der Waals surface area (Å²) in [5.41, 5.74) is 5.86. The molecule has 0 aliphatic carbocycles. The van der Waals surface area contributed by atoms with Crippen molar-refractivity contribution in [2.75, 3.05) is 0 Å². The molecule has 4 nitrogen and oxygen atoms in total. The molecule has 48 heavy (non-hydrogen) atoms. The van der Waals surface area contributed by atoms with Crippen LogP contribution in [0.2, 0.25) is 0 Å². The smallest absolute Gasteiger partial charge is 0.124 e. The van der Waals surface area contributed by atoms with Crippen LogP contribution < -0.4 is 0 Å². The Hall–Kier alpha value is -3.74. The summed E-state index contributed by atoms with van der Waals surface area (Å²) in [7, 11) is 0. The summed E-state index contributed by atoms with van der Waals surface area (Å²) < 4.78 is 2.39. The summed E-state index contributed by atoms with van der Waals surface area (Å²) in [5.74, 6) is 0. The van der Waals surface area contributed by atoms with Crippen LogP contribution in [0.15, 0.2) is 107 Å². The number of benzene rings is 4. The van der Waals surface area contributed by atoms with Gasteiger partial charge in [0.05, 0.1) is 31.8 Å². The maximum atomic E-state index is 4.71. The van der Waals surface area contributed by atoms with E-state index in [1.807, 2.05) is 196 Å². The zero-order valence-corrected chi connectivity index (χ0v) is 34.5. The van der Waals surface area contributed by atoms with Crippen molar-refractivity contribution in [2.24, 2.45) is 10.2 Å². The van der Waals surface area contributed by atoms with Gasteiger partial charge in [-0.2, -0.15) is 10.2 Å². The summed E-state index contributed by atoms with van der Waals surface area (Å²) in [6, 6.07) is 32.5. The Morgan fingerprint density at radius 3 is 0.896 bits per heavy atom. The molecule has 0 aliphatic rings. The van der Waals surface area contributed by atoms with Gasteiger partial charge >= 0.3 is 0 Å². The number of para-hydroxylation sites is 2. The highest BCUT2D eigenvalue weighted by Gasteiger charge is 2.07. The van der Waals surface area contributed by atoms with Crippen molar-refractivity contribution in [3.05, 3.63) is 97.1 Å². The highest BCUT2D eigenvalue weighted by atomic mass is 32.1. The van der Waals surface area contributed by atoms with E-state index >= 15 is 0 Å². The molecule has 0 saturated heterocycles. The standard InChI is InChI=1S/C26H16N4S2.8C2H6/c1-3-7-23-21(5-1)27-25(31-23)17-9-13-19(14-10-17)29-30-20-15-11-18(12-16-20)26-28-22-6-2-4-8-24(22)32-26;8*1-2/h1-16H;8*1-2H3. The Labute approximate surface area is 302 Å². The van der Waals surface area contributed by atoms with Crippen molar-refractivity contribution < 1.29 is 0 Å². The molecular weight excluding hydrogens is 625 g/mol. The number of aromatic nitrogens is 2. The first-order valence-corrected chi connectivity index (χ1v) is 19.8. The topological polar surface area (TPSA) is 50.5 Å². The highest BCUT2D eigenvalue weighted by molar-refractivity contribution is 7.22. The molecule has 2 heterocycles. The van der Waals surface area contributed by atoms with E-state index in [-0.39, 0.29) is 0 Å². The lowest BCUT2D eigenvalue weighted by Gasteiger charge is -1.98. The summed E-state index contributed by atoms with van der Waals surface area (Å²) in [6.07, 6.45) is 0. The number of hydrogen-bond donors (Lipinski definition) is 0. The summed E-state index contributed by atoms with van der Waals surface area (Å²) in [6.45, 7) is 32.0. The quantitative estimate of drug-likeness (QED) is 0.173. The number of fused-ring (bicyclic) bond motifs is 2. The van der Waals surface area contributed by atoms with Crippen molar-refractivity contribution >= 4 is 54.5 Å². The van der Waals surface area contributed by atoms with Crippen molar-refractivity contribution in [2.45, 2.75) is 111 Å². The van der Waals surface area contributed by atoms with E-state index in [1.54, 1.807) is 22.7 Å². The zero-order chi connectivity index (χ0) is 37.3. The minimum Gasteiger partial charge on any atom is -0.236 e. The predicted octanol–water partition coefficient (Wildman–Crippen LogP) is 16.9. The van der Waals surface area contributed by atoms with Crippen LogP contribution in [0.5, 0.6) is 0 Å². The molecule has 0 radical (unpaired) electrons. The third kappa shape index (κ3) is 15.9. The SMILES string of the molecule is CC.CC.CC.CC.CC.CC.CC.CC.c1ccc2sc(-c3ccc(N=Nc4ccc(-c5nc6ccccc6s5)cc4)cc3)nc2c1. The van der Waals surface area contributed by atoms with Crippen molar-refractivity contribution in [3.63, 3.8) is 0 Å². The molecule has 0 unspecified atom stereocenters. The van der Waals surface area contributed by atoms with Crippen LogP contribution in [-0.2, 0) is 0 Å². The van der Waals surface area contributed by atoms with Gasteiger partial charge in [0.25, 0.3) is 0 Å². The Kier molecular flexibility index (Phi) is 33.6. The van der Waals surface area contributed by atoms with Crippen molar-refractivity contribution in [1.29, 1.82) is 0 Å². The van der Waals surface area contributed by atoms with Gasteiger partial charge in [-0.25, -0.2) is 9.97 Å². The van der Waals surface area contributed by atoms with Crippen LogP contribution in [-0.4, -0.2) is 9.97 Å². The number of thiazole rings is 2. The van der Waals surface area contributed by atoms with Crippen molar-refractivity contribution in [1.82, 2.24) is 9.97 Å². The van der Waals surface area contributed by atoms with E-state index in [9.17, 15) is 0 Å². The molecule has 6 heteroatoms. The zero-order valence-electron chi connectivity index (χ0n) is 32.8. The third-order valence-electron chi connectivity index (χ3n) is 5.10. The minimum atomic E-state index is 0.810. The van der Waals surface area contributed by atoms with Gasteiger partial charge in [-0.05, 0) is 72.8 Å². The minimum absolute atomic E-state index is 0.810. The molecule has 264 valence electrons. The molecule has 0 spiro atoms. The fourth-order valence-corrected chi connectivity index (χ4v) is 5.39. The Bertz CT molecular complexity index is 1380. The first kappa shape index (κ1) is 48.7. The molecule has 0 saturated carbocycles. The van der Waals surface area contributed by atoms with Gasteiger partial charge in [0.15, 0.2) is 0 Å². The normalized spacial score (nSPS) is 8.75. The first-order chi connectivity index (χ1) is 23.8. The second kappa shape index (κ2) is 33.2. The molecule has 4 aromatic carbocycles. The Morgan fingerprint density at radius 1 is 0.354 bits per heavy atom. The van der Waals surface area contributed by atoms with E-state index < -0.39 is 0 Å². The van der Waals surface area contributed by atoms with E-state index in [4.69, 9.17) is 9.97 Å². The number of rotatable bonds is 4. The maximum Gasteiger partial charge on any atom is 0.124 e. The second-order valence-electron chi connectivity index (χ2n) is 7.27. The summed E-state index contributed by atoms with van der Waals surface area (Å²) in [4.78, 5) is 9.43. The third-order valence-corrected chi connectivity index (χ3v) is 7.27. The van der Waals surface area contributed by atoms with Gasteiger partial charge in [-0.1, -0.05) is 135 Å². The van der Waals surface area contributed by atoms with Gasteiger partial charge in [0.2, 0.25) is 0 Å². The van der Waals surface area contributed by atoms with Crippen molar-refractivity contribution in [3.8, 4) is 21.1 Å². The largest absolute Gasteiger partial charge is 0.236 e. The number of azo groups is 1. The fourth-order valence-electron chi connectivity index (χ4n) is 3.45. The van der Waals surface area contributed by atoms with Crippen LogP contribution in [0.1, 0.15) is 111 Å². The molecule has 0 N–H and O–H groups in total. The van der Waals surface area contributed by atoms with Gasteiger partial charge in [-0.15, -0.1) is 22.7 Å². The van der Waals surface area contributed by atoms with Gasteiger partial charge < -0.3 is 0 Å². The summed E-state index contributed by atoms with van der Waals surface area (Å²) in [5, 5.41) is 10.8. The van der Waals surface area contributed by atoms with Gasteiger partial charge in [-0.3, -0.25) is 0 Å². The van der Waals surface area contributed by atoms with E-state index in [0.29, 0.717) is 0 Å². The van der Waals surface area contributed by atoms with Crippen LogP contribution >= 0.6 is 22.7 Å². The second-order valence-corrected chi connectivity index (χ2v) is 9.33. The van der Waals surface area contributed by atoms with Crippen LogP contribution in [0.3, 0.4) is 0 Å². The van der Waals surface area contributed by atoms with E-state index in [0.717, 1.165) is 43.6 Å². The fraction of sp³-hybridized carbons (Fsp3) is 0.381. The number of nitrogens with zero attached hydrogens (tertiary/aromatic N) is 4. The molecule has 0 amide bonds. The van der Waals surface area contributed by atoms with Gasteiger partial charge in [0, 0.05) is 11.1 Å². The van der Waals surface area contributed by atoms with E-state index in [2.05, 4.69) is 22.4 Å². The molecular formula is C42H64N4S2. The lowest BCUT2D eigenvalue weighted by molar-refractivity contribution is 1.23. The molecule has 0 aliphatic heterocycles. The maximum absolute atomic E-state index is 4.71. The van der Waals surface area contributed by atoms with Crippen LogP contribution in [0, 0.1) is 0 Å². The monoisotopic (exact) mass is 688 g/mol. The molecule has 0 fully saturated rings. The Morgan fingerprint density at radius 2 is 0.625 bits per heavy atom. The summed E-state index contributed by atoms with van der Waals surface area (Å²) >= 11 is 3.40. The van der Waals surface area contributed by atoms with Gasteiger partial charge in [0.1, 0.15) is 10.0 Å². The molecule has 0 bridgehead atoms. The molecule has 6 aromatic rings. The predicted molar refractivity (Wildman–Crippen MR) is 225 cm³/mol. The Balaban J connectivity index is -0.00000112. The van der Waals surface area contributed by atoms with Crippen LogP contribution in [0.4, 0.5) is 11.4 Å². The number of hydrogen-bond acceptors (Lipinski definition) is 6. The average molecular weight is 689 g/mol. The molecule has 6 rings (SSSR count). The first-order valence-electron chi connectivity index (χ1n) is 18.2. The lowest BCUT2D eigenvalue weighted by atomic mass is 10.2.